The average molecular weight is 408 g/mol. The third-order valence-electron chi connectivity index (χ3n) is 4.25. The van der Waals surface area contributed by atoms with Gasteiger partial charge in [-0.05, 0) is 72.1 Å². The van der Waals surface area contributed by atoms with Crippen LogP contribution < -0.4 is 10.1 Å². The predicted octanol–water partition coefficient (Wildman–Crippen LogP) is 5.06. The number of carbonyl (C=O) groups excluding carboxylic acids is 2. The van der Waals surface area contributed by atoms with Gasteiger partial charge in [0.2, 0.25) is 0 Å². The summed E-state index contributed by atoms with van der Waals surface area (Å²) in [7, 11) is 0. The van der Waals surface area contributed by atoms with Crippen molar-refractivity contribution in [2.24, 2.45) is 5.92 Å². The van der Waals surface area contributed by atoms with Crippen LogP contribution in [0.2, 0.25) is 0 Å². The Labute approximate surface area is 175 Å². The molecule has 0 bridgehead atoms. The quantitative estimate of drug-likeness (QED) is 0.610. The number of alkyl carbamates (subject to hydrolysis) is 1. The van der Waals surface area contributed by atoms with E-state index in [1.165, 1.54) is 0 Å². The van der Waals surface area contributed by atoms with Crippen molar-refractivity contribution in [1.82, 2.24) is 5.32 Å². The van der Waals surface area contributed by atoms with Gasteiger partial charge in [0.25, 0.3) is 0 Å². The fraction of sp³-hybridized carbons (Fsp3) is 0.652. The summed E-state index contributed by atoms with van der Waals surface area (Å²) >= 11 is 0. The number of rotatable bonds is 8. The molecule has 164 valence electrons. The second-order valence-corrected chi connectivity index (χ2v) is 9.02. The fourth-order valence-electron chi connectivity index (χ4n) is 3.14. The van der Waals surface area contributed by atoms with Crippen LogP contribution in [0.5, 0.6) is 5.75 Å². The van der Waals surface area contributed by atoms with Gasteiger partial charge in [-0.25, -0.2) is 9.59 Å². The van der Waals surface area contributed by atoms with Gasteiger partial charge < -0.3 is 19.5 Å². The molecule has 0 heterocycles. The Bertz CT molecular complexity index is 661. The van der Waals surface area contributed by atoms with Crippen LogP contribution in [-0.4, -0.2) is 35.9 Å². The summed E-state index contributed by atoms with van der Waals surface area (Å²) in [6.45, 7) is 16.9. The van der Waals surface area contributed by atoms with Gasteiger partial charge >= 0.3 is 12.1 Å². The number of amides is 1. The third-order valence-corrected chi connectivity index (χ3v) is 4.25. The first-order valence-corrected chi connectivity index (χ1v) is 10.3. The van der Waals surface area contributed by atoms with Crippen molar-refractivity contribution in [2.45, 2.75) is 92.1 Å². The van der Waals surface area contributed by atoms with Crippen molar-refractivity contribution in [3.63, 3.8) is 0 Å². The maximum absolute atomic E-state index is 12.5. The van der Waals surface area contributed by atoms with Crippen molar-refractivity contribution in [3.8, 4) is 5.75 Å². The zero-order chi connectivity index (χ0) is 22.4. The van der Waals surface area contributed by atoms with E-state index in [1.807, 2.05) is 45.0 Å². The van der Waals surface area contributed by atoms with Crippen LogP contribution in [0.3, 0.4) is 0 Å². The van der Waals surface area contributed by atoms with E-state index in [-0.39, 0.29) is 24.0 Å². The first kappa shape index (κ1) is 24.8. The number of carbonyl (C=O) groups is 2. The lowest BCUT2D eigenvalue weighted by atomic mass is 9.84. The minimum Gasteiger partial charge on any atom is -0.491 e. The van der Waals surface area contributed by atoms with E-state index in [9.17, 15) is 9.59 Å². The topological polar surface area (TPSA) is 73.9 Å². The maximum atomic E-state index is 12.5. The monoisotopic (exact) mass is 407 g/mol. The number of benzene rings is 1. The standard InChI is InChI=1S/C23H37NO5/c1-14(2)20(18-10-12-19(13-11-18)27-15(3)4)17(6)28-21(25)16(5)24-22(26)29-23(7,8)9/h10-17,20H,1-9H3,(H,24,26)/t16-,17-,20+/m0/s1. The summed E-state index contributed by atoms with van der Waals surface area (Å²) in [5.41, 5.74) is 0.444. The Balaban J connectivity index is 2.78. The van der Waals surface area contributed by atoms with Crippen LogP contribution in [0.25, 0.3) is 0 Å². The number of ether oxygens (including phenoxy) is 3. The first-order valence-electron chi connectivity index (χ1n) is 10.3. The summed E-state index contributed by atoms with van der Waals surface area (Å²) in [6.07, 6.45) is -0.890. The molecule has 1 N–H and O–H groups in total. The summed E-state index contributed by atoms with van der Waals surface area (Å²) in [5, 5.41) is 2.52. The molecule has 0 unspecified atom stereocenters. The van der Waals surface area contributed by atoms with Crippen LogP contribution in [0.15, 0.2) is 24.3 Å². The highest BCUT2D eigenvalue weighted by Gasteiger charge is 2.29. The van der Waals surface area contributed by atoms with E-state index in [0.717, 1.165) is 11.3 Å². The molecule has 1 aromatic rings. The second-order valence-electron chi connectivity index (χ2n) is 9.02. The van der Waals surface area contributed by atoms with E-state index in [1.54, 1.807) is 27.7 Å². The smallest absolute Gasteiger partial charge is 0.408 e. The normalized spacial score (nSPS) is 14.9. The Morgan fingerprint density at radius 1 is 0.931 bits per heavy atom. The predicted molar refractivity (Wildman–Crippen MR) is 114 cm³/mol. The molecule has 1 rings (SSSR count). The third kappa shape index (κ3) is 8.75. The average Bonchev–Trinajstić information content (AvgIpc) is 2.53. The fourth-order valence-corrected chi connectivity index (χ4v) is 3.14. The van der Waals surface area contributed by atoms with E-state index in [4.69, 9.17) is 14.2 Å². The number of hydrogen-bond donors (Lipinski definition) is 1. The van der Waals surface area contributed by atoms with Gasteiger partial charge in [-0.1, -0.05) is 26.0 Å². The lowest BCUT2D eigenvalue weighted by molar-refractivity contribution is -0.152. The van der Waals surface area contributed by atoms with Gasteiger partial charge in [-0.15, -0.1) is 0 Å². The molecule has 1 amide bonds. The van der Waals surface area contributed by atoms with Crippen molar-refractivity contribution < 1.29 is 23.8 Å². The van der Waals surface area contributed by atoms with Gasteiger partial charge in [-0.3, -0.25) is 0 Å². The number of nitrogens with one attached hydrogen (secondary N) is 1. The van der Waals surface area contributed by atoms with Crippen LogP contribution in [0.4, 0.5) is 4.79 Å². The molecule has 29 heavy (non-hydrogen) atoms. The lowest BCUT2D eigenvalue weighted by Crippen LogP contribution is -2.43. The molecule has 0 radical (unpaired) electrons. The van der Waals surface area contributed by atoms with E-state index in [0.29, 0.717) is 0 Å². The lowest BCUT2D eigenvalue weighted by Gasteiger charge is -2.29. The molecule has 0 aliphatic rings. The minimum atomic E-state index is -0.804. The Morgan fingerprint density at radius 3 is 1.93 bits per heavy atom. The Morgan fingerprint density at radius 2 is 1.48 bits per heavy atom. The summed E-state index contributed by atoms with van der Waals surface area (Å²) < 4.78 is 16.6. The molecule has 1 aromatic carbocycles. The number of esters is 1. The summed E-state index contributed by atoms with van der Waals surface area (Å²) in [5.74, 6) is 0.587. The molecule has 3 atom stereocenters. The maximum Gasteiger partial charge on any atom is 0.408 e. The Kier molecular flexibility index (Phi) is 8.99. The van der Waals surface area contributed by atoms with E-state index >= 15 is 0 Å². The molecule has 0 aliphatic heterocycles. The van der Waals surface area contributed by atoms with Crippen molar-refractivity contribution in [2.75, 3.05) is 0 Å². The van der Waals surface area contributed by atoms with Crippen molar-refractivity contribution in [3.05, 3.63) is 29.8 Å². The second kappa shape index (κ2) is 10.5. The van der Waals surface area contributed by atoms with Crippen LogP contribution >= 0.6 is 0 Å². The molecular weight excluding hydrogens is 370 g/mol. The molecule has 0 aliphatic carbocycles. The minimum absolute atomic E-state index is 0.0146. The molecular formula is C23H37NO5. The van der Waals surface area contributed by atoms with Crippen molar-refractivity contribution in [1.29, 1.82) is 0 Å². The molecule has 0 spiro atoms. The SMILES string of the molecule is CC(C)Oc1ccc([C@H](C(C)C)[C@H](C)OC(=O)[C@H](C)NC(=O)OC(C)(C)C)cc1. The van der Waals surface area contributed by atoms with E-state index in [2.05, 4.69) is 19.2 Å². The van der Waals surface area contributed by atoms with Gasteiger partial charge in [0.05, 0.1) is 6.10 Å². The largest absolute Gasteiger partial charge is 0.491 e. The van der Waals surface area contributed by atoms with Crippen LogP contribution in [-0.2, 0) is 14.3 Å². The Hall–Kier alpha value is -2.24. The van der Waals surface area contributed by atoms with Gasteiger partial charge in [0.15, 0.2) is 0 Å². The van der Waals surface area contributed by atoms with Crippen LogP contribution in [0.1, 0.15) is 73.8 Å². The summed E-state index contributed by atoms with van der Waals surface area (Å²) in [4.78, 5) is 24.4. The highest BCUT2D eigenvalue weighted by molar-refractivity contribution is 5.81. The van der Waals surface area contributed by atoms with Crippen LogP contribution in [0, 0.1) is 5.92 Å². The molecule has 0 fully saturated rings. The molecule has 0 saturated heterocycles. The zero-order valence-corrected chi connectivity index (χ0v) is 19.2. The van der Waals surface area contributed by atoms with Gasteiger partial charge in [0, 0.05) is 5.92 Å². The van der Waals surface area contributed by atoms with Gasteiger partial charge in [0.1, 0.15) is 23.5 Å². The number of hydrogen-bond acceptors (Lipinski definition) is 5. The molecule has 0 aromatic heterocycles. The van der Waals surface area contributed by atoms with Crippen molar-refractivity contribution >= 4 is 12.1 Å². The summed E-state index contributed by atoms with van der Waals surface area (Å²) in [6, 6.07) is 7.09. The van der Waals surface area contributed by atoms with E-state index < -0.39 is 23.7 Å². The highest BCUT2D eigenvalue weighted by atomic mass is 16.6. The first-order chi connectivity index (χ1) is 13.3. The molecule has 6 heteroatoms. The highest BCUT2D eigenvalue weighted by Crippen LogP contribution is 2.31. The zero-order valence-electron chi connectivity index (χ0n) is 19.2. The molecule has 6 nitrogen and oxygen atoms in total. The molecule has 0 saturated carbocycles. The van der Waals surface area contributed by atoms with Gasteiger partial charge in [-0.2, -0.15) is 0 Å².